The third-order valence-electron chi connectivity index (χ3n) is 4.10. The highest BCUT2D eigenvalue weighted by molar-refractivity contribution is 5.75. The average molecular weight is 301 g/mol. The fourth-order valence-electron chi connectivity index (χ4n) is 2.91. The van der Waals surface area contributed by atoms with Crippen LogP contribution in [0.4, 0.5) is 0 Å². The van der Waals surface area contributed by atoms with E-state index in [2.05, 4.69) is 15.3 Å². The van der Waals surface area contributed by atoms with Crippen molar-refractivity contribution < 1.29 is 9.47 Å². The number of hydrogen-bond donors (Lipinski definition) is 1. The van der Waals surface area contributed by atoms with E-state index in [1.807, 2.05) is 24.3 Å². The maximum absolute atomic E-state index is 5.81. The first-order chi connectivity index (χ1) is 10.9. The van der Waals surface area contributed by atoms with Gasteiger partial charge in [0.15, 0.2) is 0 Å². The molecule has 0 aliphatic carbocycles. The van der Waals surface area contributed by atoms with Crippen molar-refractivity contribution in [3.8, 4) is 11.8 Å². The summed E-state index contributed by atoms with van der Waals surface area (Å²) in [6, 6.07) is 7.74. The summed E-state index contributed by atoms with van der Waals surface area (Å²) in [5.41, 5.74) is 1.65. The Bertz CT molecular complexity index is 612. The van der Waals surface area contributed by atoms with Crippen LogP contribution in [0.15, 0.2) is 24.3 Å². The van der Waals surface area contributed by atoms with Gasteiger partial charge >= 0.3 is 0 Å². The van der Waals surface area contributed by atoms with Crippen molar-refractivity contribution in [2.75, 3.05) is 26.8 Å². The van der Waals surface area contributed by atoms with Gasteiger partial charge in [0.25, 0.3) is 11.8 Å². The predicted molar refractivity (Wildman–Crippen MR) is 86.4 cm³/mol. The molecule has 1 atom stereocenters. The molecule has 1 N–H and O–H groups in total. The SMILES string of the molecule is COc1nc2ccccc2nc1OCCCC1CCCNC1. The first kappa shape index (κ1) is 15.0. The number of nitrogens with one attached hydrogen (secondary N) is 1. The predicted octanol–water partition coefficient (Wildman–Crippen LogP) is 2.80. The number of piperidine rings is 1. The lowest BCUT2D eigenvalue weighted by molar-refractivity contribution is 0.253. The largest absolute Gasteiger partial charge is 0.477 e. The van der Waals surface area contributed by atoms with Crippen LogP contribution in [0.2, 0.25) is 0 Å². The molecule has 1 fully saturated rings. The maximum Gasteiger partial charge on any atom is 0.278 e. The van der Waals surface area contributed by atoms with E-state index >= 15 is 0 Å². The molecule has 2 aromatic rings. The van der Waals surface area contributed by atoms with E-state index in [0.717, 1.165) is 36.5 Å². The molecule has 118 valence electrons. The molecule has 0 amide bonds. The second kappa shape index (κ2) is 7.40. The van der Waals surface area contributed by atoms with Gasteiger partial charge in [0.2, 0.25) is 0 Å². The smallest absolute Gasteiger partial charge is 0.278 e. The Kier molecular flexibility index (Phi) is 5.06. The number of nitrogens with zero attached hydrogens (tertiary/aromatic N) is 2. The second-order valence-electron chi connectivity index (χ2n) is 5.73. The summed E-state index contributed by atoms with van der Waals surface area (Å²) in [6.45, 7) is 2.95. The Morgan fingerprint density at radius 1 is 1.18 bits per heavy atom. The summed E-state index contributed by atoms with van der Waals surface area (Å²) in [5, 5.41) is 3.45. The van der Waals surface area contributed by atoms with Gasteiger partial charge in [-0.25, -0.2) is 9.97 Å². The van der Waals surface area contributed by atoms with Gasteiger partial charge in [-0.15, -0.1) is 0 Å². The summed E-state index contributed by atoms with van der Waals surface area (Å²) in [4.78, 5) is 8.95. The molecule has 0 saturated carbocycles. The third-order valence-corrected chi connectivity index (χ3v) is 4.10. The quantitative estimate of drug-likeness (QED) is 0.831. The van der Waals surface area contributed by atoms with Crippen molar-refractivity contribution in [2.24, 2.45) is 5.92 Å². The molecule has 2 heterocycles. The summed E-state index contributed by atoms with van der Waals surface area (Å²) >= 11 is 0. The van der Waals surface area contributed by atoms with Crippen LogP contribution in [-0.4, -0.2) is 36.8 Å². The number of benzene rings is 1. The molecule has 0 bridgehead atoms. The zero-order chi connectivity index (χ0) is 15.2. The van der Waals surface area contributed by atoms with Crippen LogP contribution in [0.3, 0.4) is 0 Å². The number of methoxy groups -OCH3 is 1. The Labute approximate surface area is 131 Å². The molecule has 1 unspecified atom stereocenters. The molecule has 1 aliphatic heterocycles. The minimum atomic E-state index is 0.457. The number of rotatable bonds is 6. The standard InChI is InChI=1S/C17H23N3O2/c1-21-16-17(20-15-9-3-2-8-14(15)19-16)22-11-5-7-13-6-4-10-18-12-13/h2-3,8-9,13,18H,4-7,10-12H2,1H3. The van der Waals surface area contributed by atoms with Crippen LogP contribution in [0.25, 0.3) is 11.0 Å². The van der Waals surface area contributed by atoms with E-state index in [4.69, 9.17) is 9.47 Å². The van der Waals surface area contributed by atoms with Crippen LogP contribution in [0, 0.1) is 5.92 Å². The molecular weight excluding hydrogens is 278 g/mol. The van der Waals surface area contributed by atoms with E-state index in [-0.39, 0.29) is 0 Å². The first-order valence-electron chi connectivity index (χ1n) is 8.01. The second-order valence-corrected chi connectivity index (χ2v) is 5.73. The average Bonchev–Trinajstić information content (AvgIpc) is 2.59. The normalized spacial score (nSPS) is 18.3. The van der Waals surface area contributed by atoms with Gasteiger partial charge in [0.1, 0.15) is 0 Å². The van der Waals surface area contributed by atoms with Crippen molar-refractivity contribution in [2.45, 2.75) is 25.7 Å². The highest BCUT2D eigenvalue weighted by Crippen LogP contribution is 2.25. The summed E-state index contributed by atoms with van der Waals surface area (Å²) in [6.07, 6.45) is 4.84. The Hall–Kier alpha value is -1.88. The third kappa shape index (κ3) is 3.65. The van der Waals surface area contributed by atoms with Crippen LogP contribution < -0.4 is 14.8 Å². The van der Waals surface area contributed by atoms with E-state index in [1.54, 1.807) is 7.11 Å². The fourth-order valence-corrected chi connectivity index (χ4v) is 2.91. The van der Waals surface area contributed by atoms with Crippen LogP contribution in [0.5, 0.6) is 11.8 Å². The molecule has 1 aromatic heterocycles. The Balaban J connectivity index is 1.58. The van der Waals surface area contributed by atoms with Crippen molar-refractivity contribution in [3.63, 3.8) is 0 Å². The van der Waals surface area contributed by atoms with Gasteiger partial charge in [0, 0.05) is 0 Å². The van der Waals surface area contributed by atoms with Gasteiger partial charge in [0.05, 0.1) is 24.8 Å². The molecule has 5 heteroatoms. The fraction of sp³-hybridized carbons (Fsp3) is 0.529. The van der Waals surface area contributed by atoms with Crippen molar-refractivity contribution in [3.05, 3.63) is 24.3 Å². The maximum atomic E-state index is 5.81. The van der Waals surface area contributed by atoms with Crippen LogP contribution in [-0.2, 0) is 0 Å². The van der Waals surface area contributed by atoms with Gasteiger partial charge in [-0.05, 0) is 56.8 Å². The number of aromatic nitrogens is 2. The van der Waals surface area contributed by atoms with E-state index in [9.17, 15) is 0 Å². The van der Waals surface area contributed by atoms with Gasteiger partial charge < -0.3 is 14.8 Å². The lowest BCUT2D eigenvalue weighted by Gasteiger charge is -2.22. The number of hydrogen-bond acceptors (Lipinski definition) is 5. The van der Waals surface area contributed by atoms with Gasteiger partial charge in [-0.1, -0.05) is 12.1 Å². The number of ether oxygens (including phenoxy) is 2. The summed E-state index contributed by atoms with van der Waals surface area (Å²) < 4.78 is 11.1. The summed E-state index contributed by atoms with van der Waals surface area (Å²) in [7, 11) is 1.60. The van der Waals surface area contributed by atoms with E-state index in [0.29, 0.717) is 18.4 Å². The Morgan fingerprint density at radius 3 is 2.64 bits per heavy atom. The number of fused-ring (bicyclic) bond motifs is 1. The van der Waals surface area contributed by atoms with E-state index in [1.165, 1.54) is 19.3 Å². The highest BCUT2D eigenvalue weighted by Gasteiger charge is 2.14. The monoisotopic (exact) mass is 301 g/mol. The zero-order valence-electron chi connectivity index (χ0n) is 13.0. The summed E-state index contributed by atoms with van der Waals surface area (Å²) in [5.74, 6) is 1.72. The molecule has 5 nitrogen and oxygen atoms in total. The molecule has 1 saturated heterocycles. The van der Waals surface area contributed by atoms with Gasteiger partial charge in [-0.2, -0.15) is 0 Å². The lowest BCUT2D eigenvalue weighted by Crippen LogP contribution is -2.29. The van der Waals surface area contributed by atoms with Crippen LogP contribution in [0.1, 0.15) is 25.7 Å². The molecule has 22 heavy (non-hydrogen) atoms. The molecule has 0 radical (unpaired) electrons. The van der Waals surface area contributed by atoms with Crippen molar-refractivity contribution >= 4 is 11.0 Å². The van der Waals surface area contributed by atoms with Crippen LogP contribution >= 0.6 is 0 Å². The minimum absolute atomic E-state index is 0.457. The zero-order valence-corrected chi connectivity index (χ0v) is 13.0. The Morgan fingerprint density at radius 2 is 1.95 bits per heavy atom. The lowest BCUT2D eigenvalue weighted by atomic mass is 9.95. The van der Waals surface area contributed by atoms with Crippen molar-refractivity contribution in [1.82, 2.24) is 15.3 Å². The topological polar surface area (TPSA) is 56.3 Å². The van der Waals surface area contributed by atoms with E-state index < -0.39 is 0 Å². The molecule has 1 aromatic carbocycles. The molecule has 0 spiro atoms. The van der Waals surface area contributed by atoms with Crippen molar-refractivity contribution in [1.29, 1.82) is 0 Å². The number of para-hydroxylation sites is 2. The molecule has 3 rings (SSSR count). The minimum Gasteiger partial charge on any atom is -0.477 e. The molecular formula is C17H23N3O2. The molecule has 1 aliphatic rings. The highest BCUT2D eigenvalue weighted by atomic mass is 16.5. The first-order valence-corrected chi connectivity index (χ1v) is 8.01. The van der Waals surface area contributed by atoms with Gasteiger partial charge in [-0.3, -0.25) is 0 Å².